The van der Waals surface area contributed by atoms with Crippen LogP contribution in [0.25, 0.3) is 0 Å². The van der Waals surface area contributed by atoms with Crippen molar-refractivity contribution in [1.82, 2.24) is 0 Å². The maximum atomic E-state index is 14.1. The molecule has 0 aromatic heterocycles. The van der Waals surface area contributed by atoms with Crippen LogP contribution in [0.4, 0.5) is 0 Å². The molecule has 3 heteroatoms. The van der Waals surface area contributed by atoms with Gasteiger partial charge in [0.2, 0.25) is 0 Å². The molecule has 0 aromatic rings. The van der Waals surface area contributed by atoms with E-state index in [4.69, 9.17) is 23.2 Å². The lowest BCUT2D eigenvalue weighted by Gasteiger charge is -2.67. The number of alkyl halides is 2. The lowest BCUT2D eigenvalue weighted by Crippen LogP contribution is -2.74. The van der Waals surface area contributed by atoms with Crippen LogP contribution in [0, 0.1) is 46.3 Å². The summed E-state index contributed by atoms with van der Waals surface area (Å²) in [5.74, 6) is 5.79. The fraction of sp³-hybridized carbons (Fsp3) is 0.973. The molecule has 5 saturated carbocycles. The Kier molecular flexibility index (Phi) is 11.0. The van der Waals surface area contributed by atoms with E-state index in [1.165, 1.54) is 135 Å². The molecule has 0 radical (unpaired) electrons. The van der Waals surface area contributed by atoms with E-state index in [2.05, 4.69) is 13.8 Å². The van der Waals surface area contributed by atoms with Crippen LogP contribution in [-0.2, 0) is 4.79 Å². The zero-order valence-corrected chi connectivity index (χ0v) is 27.8. The van der Waals surface area contributed by atoms with Gasteiger partial charge in [-0.05, 0) is 113 Å². The number of Topliss-reactive ketones (excluding diaryl/α,β-unsaturated/α-hetero) is 1. The molecule has 5 aliphatic carbocycles. The molecule has 1 nitrogen and oxygen atoms in total. The van der Waals surface area contributed by atoms with Crippen LogP contribution in [0.5, 0.6) is 0 Å². The predicted molar refractivity (Wildman–Crippen MR) is 172 cm³/mol. The van der Waals surface area contributed by atoms with Crippen LogP contribution >= 0.6 is 23.2 Å². The van der Waals surface area contributed by atoms with Gasteiger partial charge >= 0.3 is 0 Å². The van der Waals surface area contributed by atoms with Crippen LogP contribution in [0.1, 0.15) is 174 Å². The van der Waals surface area contributed by atoms with Gasteiger partial charge in [-0.3, -0.25) is 4.79 Å². The highest BCUT2D eigenvalue weighted by Crippen LogP contribution is 2.75. The van der Waals surface area contributed by atoms with Gasteiger partial charge in [-0.1, -0.05) is 121 Å². The van der Waals surface area contributed by atoms with Gasteiger partial charge in [0.15, 0.2) is 5.78 Å². The molecular weight excluding hydrogens is 531 g/mol. The number of halogens is 2. The molecule has 0 unspecified atom stereocenters. The highest BCUT2D eigenvalue weighted by atomic mass is 35.5. The van der Waals surface area contributed by atoms with Gasteiger partial charge in [-0.2, -0.15) is 0 Å². The first-order valence-electron chi connectivity index (χ1n) is 18.3. The largest absolute Gasteiger partial charge is 0.298 e. The van der Waals surface area contributed by atoms with Gasteiger partial charge in [0, 0.05) is 0 Å². The van der Waals surface area contributed by atoms with Crippen molar-refractivity contribution in [1.29, 1.82) is 0 Å². The molecule has 2 spiro atoms. The van der Waals surface area contributed by atoms with Crippen molar-refractivity contribution < 1.29 is 4.79 Å². The molecule has 0 N–H and O–H groups in total. The average Bonchev–Trinajstić information content (AvgIpc) is 2.99. The summed E-state index contributed by atoms with van der Waals surface area (Å²) in [5.41, 5.74) is -0.875. The number of ketones is 1. The molecule has 230 valence electrons. The zero-order chi connectivity index (χ0) is 28.2. The van der Waals surface area contributed by atoms with Crippen LogP contribution in [-0.4, -0.2) is 10.1 Å². The minimum absolute atomic E-state index is 0.437. The first-order chi connectivity index (χ1) is 19.4. The van der Waals surface area contributed by atoms with E-state index in [9.17, 15) is 4.79 Å². The Labute approximate surface area is 258 Å². The van der Waals surface area contributed by atoms with Crippen molar-refractivity contribution in [2.45, 2.75) is 179 Å². The maximum absolute atomic E-state index is 14.1. The minimum atomic E-state index is -0.833. The molecule has 5 fully saturated rings. The molecule has 0 bridgehead atoms. The van der Waals surface area contributed by atoms with Crippen molar-refractivity contribution in [2.75, 3.05) is 0 Å². The normalized spacial score (nSPS) is 41.8. The highest BCUT2D eigenvalue weighted by molar-refractivity contribution is 6.55. The minimum Gasteiger partial charge on any atom is -0.298 e. The highest BCUT2D eigenvalue weighted by Gasteiger charge is 2.79. The molecule has 0 heterocycles. The second kappa shape index (κ2) is 13.9. The number of hydrogen-bond acceptors (Lipinski definition) is 1. The van der Waals surface area contributed by atoms with Crippen LogP contribution in [0.3, 0.4) is 0 Å². The molecule has 0 atom stereocenters. The summed E-state index contributed by atoms with van der Waals surface area (Å²) in [6, 6.07) is 0. The Bertz CT molecular complexity index is 787. The Morgan fingerprint density at radius 2 is 0.925 bits per heavy atom. The van der Waals surface area contributed by atoms with Crippen molar-refractivity contribution in [3.05, 3.63) is 0 Å². The Balaban J connectivity index is 1.05. The van der Waals surface area contributed by atoms with E-state index < -0.39 is 15.2 Å². The number of carbonyl (C=O) groups excluding carboxylic acids is 1. The molecule has 0 amide bonds. The fourth-order valence-corrected chi connectivity index (χ4v) is 12.0. The van der Waals surface area contributed by atoms with Crippen molar-refractivity contribution in [3.8, 4) is 0 Å². The third-order valence-electron chi connectivity index (χ3n) is 13.6. The Morgan fingerprint density at radius 1 is 0.525 bits per heavy atom. The smallest absolute Gasteiger partial charge is 0.151 e. The van der Waals surface area contributed by atoms with E-state index in [-0.39, 0.29) is 0 Å². The molecular formula is C37H62Cl2O. The standard InChI is InChI=1S/C37H62Cl2O/c1-3-5-6-7-8-9-11-29-14-18-31(19-15-29)33-22-26-36(27-23-33)34(40)35(37(36,38)39)24-20-32(21-25-35)30-16-12-28(10-4-2)13-17-30/h28-33H,3-27H2,1-2H3. The molecule has 0 aliphatic heterocycles. The summed E-state index contributed by atoms with van der Waals surface area (Å²) in [6.45, 7) is 4.63. The lowest BCUT2D eigenvalue weighted by atomic mass is 9.41. The number of carbonyl (C=O) groups is 1. The summed E-state index contributed by atoms with van der Waals surface area (Å²) >= 11 is 14.7. The van der Waals surface area contributed by atoms with Gasteiger partial charge in [-0.25, -0.2) is 0 Å². The summed E-state index contributed by atoms with van der Waals surface area (Å²) in [7, 11) is 0. The van der Waals surface area contributed by atoms with Gasteiger partial charge in [0.1, 0.15) is 4.33 Å². The molecule has 5 rings (SSSR count). The van der Waals surface area contributed by atoms with Crippen molar-refractivity contribution >= 4 is 29.0 Å². The number of hydrogen-bond donors (Lipinski definition) is 0. The topological polar surface area (TPSA) is 17.1 Å². The van der Waals surface area contributed by atoms with E-state index in [1.54, 1.807) is 0 Å². The summed E-state index contributed by atoms with van der Waals surface area (Å²) in [4.78, 5) is 14.1. The lowest BCUT2D eigenvalue weighted by molar-refractivity contribution is -0.173. The average molecular weight is 594 g/mol. The van der Waals surface area contributed by atoms with E-state index >= 15 is 0 Å². The third-order valence-corrected chi connectivity index (χ3v) is 15.1. The summed E-state index contributed by atoms with van der Waals surface area (Å²) < 4.78 is -0.833. The van der Waals surface area contributed by atoms with E-state index in [1.807, 2.05) is 0 Å². The van der Waals surface area contributed by atoms with Crippen molar-refractivity contribution in [3.63, 3.8) is 0 Å². The van der Waals surface area contributed by atoms with E-state index in [0.29, 0.717) is 5.78 Å². The Hall–Kier alpha value is 0.250. The SMILES string of the molecule is CCCCCCCCC1CCC(C2CCC3(CC2)C(=O)C2(CCC(C4CCC(CCC)CC4)CC2)C3(Cl)Cl)CC1. The first kappa shape index (κ1) is 31.7. The van der Waals surface area contributed by atoms with E-state index in [0.717, 1.165) is 61.2 Å². The quantitative estimate of drug-likeness (QED) is 0.172. The second-order valence-electron chi connectivity index (χ2n) is 15.6. The van der Waals surface area contributed by atoms with Gasteiger partial charge < -0.3 is 0 Å². The molecule has 0 aromatic carbocycles. The van der Waals surface area contributed by atoms with Crippen LogP contribution in [0.2, 0.25) is 0 Å². The second-order valence-corrected chi connectivity index (χ2v) is 17.0. The molecule has 40 heavy (non-hydrogen) atoms. The number of rotatable bonds is 11. The van der Waals surface area contributed by atoms with Crippen LogP contribution in [0.15, 0.2) is 0 Å². The van der Waals surface area contributed by atoms with Gasteiger partial charge in [0.25, 0.3) is 0 Å². The maximum Gasteiger partial charge on any atom is 0.151 e. The molecule has 5 aliphatic rings. The fourth-order valence-electron chi connectivity index (χ4n) is 10.9. The Morgan fingerprint density at radius 3 is 1.35 bits per heavy atom. The van der Waals surface area contributed by atoms with Crippen molar-refractivity contribution in [2.24, 2.45) is 46.3 Å². The first-order valence-corrected chi connectivity index (χ1v) is 19.0. The van der Waals surface area contributed by atoms with Gasteiger partial charge in [0.05, 0.1) is 10.8 Å². The summed E-state index contributed by atoms with van der Waals surface area (Å²) in [5, 5.41) is 0. The number of unbranched alkanes of at least 4 members (excludes halogenated alkanes) is 5. The summed E-state index contributed by atoms with van der Waals surface area (Å²) in [6.07, 6.45) is 32.7. The predicted octanol–water partition coefficient (Wildman–Crippen LogP) is 12.3. The zero-order valence-electron chi connectivity index (χ0n) is 26.3. The molecule has 0 saturated heterocycles. The third kappa shape index (κ3) is 6.10. The van der Waals surface area contributed by atoms with Crippen LogP contribution < -0.4 is 0 Å². The monoisotopic (exact) mass is 592 g/mol. The van der Waals surface area contributed by atoms with Gasteiger partial charge in [-0.15, -0.1) is 0 Å².